The van der Waals surface area contributed by atoms with Gasteiger partial charge < -0.3 is 60.0 Å². The molecule has 29 heteroatoms. The van der Waals surface area contributed by atoms with Gasteiger partial charge in [-0.3, -0.25) is 28.5 Å². The number of benzene rings is 3. The van der Waals surface area contributed by atoms with Gasteiger partial charge in [0.15, 0.2) is 10.5 Å². The molecule has 1 aromatic heterocycles. The van der Waals surface area contributed by atoms with Crippen LogP contribution in [0.3, 0.4) is 0 Å². The van der Waals surface area contributed by atoms with E-state index < -0.39 is 78.1 Å². The average molecular weight is 1010 g/mol. The molecule has 1 aliphatic carbocycles. The van der Waals surface area contributed by atoms with Crippen LogP contribution in [0.25, 0.3) is 33.4 Å². The van der Waals surface area contributed by atoms with Crippen molar-refractivity contribution in [3.8, 4) is 28.2 Å². The van der Waals surface area contributed by atoms with E-state index in [4.69, 9.17) is 31.2 Å². The maximum absolute atomic E-state index is 12.7. The summed E-state index contributed by atoms with van der Waals surface area (Å²) in [6, 6.07) is 13.3. The first-order valence-electron chi connectivity index (χ1n) is 19.8. The number of carboxylic acid groups (broad SMARTS) is 1. The topological polar surface area (TPSA) is 385 Å². The van der Waals surface area contributed by atoms with Crippen molar-refractivity contribution in [3.05, 3.63) is 103 Å². The third-order valence-electron chi connectivity index (χ3n) is 9.89. The van der Waals surface area contributed by atoms with Gasteiger partial charge in [0.25, 0.3) is 5.56 Å². The molecule has 3 aromatic rings. The molecule has 3 heterocycles. The fraction of sp³-hybridized carbons (Fsp3) is 0.316. The third-order valence-corrected chi connectivity index (χ3v) is 13.9. The standard InChI is InChI=1S/C38H42N5O20P3S/c44-22-6-9-25-29(15-22)60-30-16-23(45)7-10-26(30)34(25)24-8-5-21(14-27(24)36(49)50)41-37(67)40-12-4-2-1-3-11-39-32(47)13-20-18-43(38(51)42-35(20)48)33-17-28(46)31(61-33)19-59-65(55,56)63-66(57,58)62-64(52,53)54/h5-10,14-16,18,28,31,33,44,46H,1-4,11-13,17,19H2,(H,39,47)(H,49,50)(H,55,56)(H,57,58)(H2,40,41,67)(H,42,48,51)(H2,52,53,54)/t28-,31+,33+/m0/s1. The quantitative estimate of drug-likeness (QED) is 0.0231. The van der Waals surface area contributed by atoms with Gasteiger partial charge in [0.2, 0.25) is 5.91 Å². The molecule has 5 atom stereocenters. The Kier molecular flexibility index (Phi) is 16.2. The second-order valence-corrected chi connectivity index (χ2v) is 19.7. The Morgan fingerprint density at radius 1 is 0.881 bits per heavy atom. The Morgan fingerprint density at radius 3 is 2.28 bits per heavy atom. The zero-order valence-electron chi connectivity index (χ0n) is 34.5. The van der Waals surface area contributed by atoms with Crippen LogP contribution in [0.15, 0.2) is 79.6 Å². The van der Waals surface area contributed by atoms with Crippen molar-refractivity contribution < 1.29 is 80.5 Å². The molecule has 25 nitrogen and oxygen atoms in total. The number of nitrogens with zero attached hydrogens (tertiary/aromatic N) is 1. The molecule has 2 unspecified atom stereocenters. The number of aliphatic hydroxyl groups excluding tert-OH is 1. The van der Waals surface area contributed by atoms with Crippen LogP contribution in [0.1, 0.15) is 54.3 Å². The van der Waals surface area contributed by atoms with Crippen molar-refractivity contribution in [3.63, 3.8) is 0 Å². The maximum atomic E-state index is 12.7. The van der Waals surface area contributed by atoms with Gasteiger partial charge in [0, 0.05) is 65.6 Å². The van der Waals surface area contributed by atoms with Crippen LogP contribution in [0, 0.1) is 0 Å². The SMILES string of the molecule is O=C(Cc1cn([C@H]2C[C@H](O)[C@@H](COP(=O)(O)OP(=O)(O)OP(=O)(O)O)O2)c(=O)[nH]c1=O)NCCCCCCNC(=S)Nc1ccc(-c2c3ccc(=O)cc-3oc3cc(O)ccc23)c(C(=O)O)c1. The van der Waals surface area contributed by atoms with E-state index in [2.05, 4.69) is 29.1 Å². The molecular weight excluding hydrogens is 971 g/mol. The van der Waals surface area contributed by atoms with E-state index in [1.807, 2.05) is 4.98 Å². The number of phenols is 1. The summed E-state index contributed by atoms with van der Waals surface area (Å²) >= 11 is 5.43. The Labute approximate surface area is 382 Å². The second-order valence-electron chi connectivity index (χ2n) is 14.8. The number of aromatic carboxylic acids is 1. The number of aromatic hydroxyl groups is 1. The molecule has 360 valence electrons. The minimum Gasteiger partial charge on any atom is -0.508 e. The Bertz CT molecular complexity index is 2990. The highest BCUT2D eigenvalue weighted by Crippen LogP contribution is 2.66. The number of carbonyl (C=O) groups excluding carboxylic acids is 1. The number of hydrogen-bond donors (Lipinski definition) is 11. The van der Waals surface area contributed by atoms with Crippen molar-refractivity contribution in [1.29, 1.82) is 0 Å². The molecule has 2 aliphatic heterocycles. The number of H-pyrrole nitrogens is 1. The third kappa shape index (κ3) is 13.8. The Morgan fingerprint density at radius 2 is 1.58 bits per heavy atom. The molecule has 1 fully saturated rings. The number of aromatic nitrogens is 2. The number of aliphatic hydroxyl groups is 1. The fourth-order valence-electron chi connectivity index (χ4n) is 6.98. The van der Waals surface area contributed by atoms with Crippen LogP contribution < -0.4 is 32.6 Å². The number of amides is 1. The summed E-state index contributed by atoms with van der Waals surface area (Å²) in [6.45, 7) is -0.266. The summed E-state index contributed by atoms with van der Waals surface area (Å²) < 4.78 is 58.4. The van der Waals surface area contributed by atoms with E-state index in [0.29, 0.717) is 53.6 Å². The average Bonchev–Trinajstić information content (AvgIpc) is 3.59. The van der Waals surface area contributed by atoms with E-state index in [1.165, 1.54) is 30.3 Å². The number of fused-ring (bicyclic) bond motifs is 2. The summed E-state index contributed by atoms with van der Waals surface area (Å²) in [7, 11) is -17.0. The van der Waals surface area contributed by atoms with Gasteiger partial charge >= 0.3 is 35.1 Å². The number of phosphoric acid groups is 3. The number of aromatic amines is 1. The van der Waals surface area contributed by atoms with Crippen molar-refractivity contribution in [1.82, 2.24) is 20.2 Å². The van der Waals surface area contributed by atoms with E-state index in [-0.39, 0.29) is 51.7 Å². The summed E-state index contributed by atoms with van der Waals surface area (Å²) in [5, 5.41) is 40.2. The van der Waals surface area contributed by atoms with E-state index >= 15 is 0 Å². The minimum atomic E-state index is -5.80. The number of carbonyl (C=O) groups is 2. The van der Waals surface area contributed by atoms with Crippen LogP contribution in [-0.4, -0.2) is 93.3 Å². The van der Waals surface area contributed by atoms with Crippen molar-refractivity contribution in [2.45, 2.75) is 57.0 Å². The Hall–Kier alpha value is -5.43. The molecule has 0 bridgehead atoms. The number of ether oxygens (including phenoxy) is 1. The van der Waals surface area contributed by atoms with Crippen LogP contribution in [-0.2, 0) is 42.8 Å². The molecule has 11 N–H and O–H groups in total. The van der Waals surface area contributed by atoms with Gasteiger partial charge in [0.1, 0.15) is 29.4 Å². The maximum Gasteiger partial charge on any atom is 0.490 e. The molecule has 1 amide bonds. The molecule has 67 heavy (non-hydrogen) atoms. The lowest BCUT2D eigenvalue weighted by atomic mass is 9.90. The highest BCUT2D eigenvalue weighted by molar-refractivity contribution is 7.80. The molecule has 3 aliphatic rings. The lowest BCUT2D eigenvalue weighted by Gasteiger charge is -2.19. The predicted molar refractivity (Wildman–Crippen MR) is 238 cm³/mol. The monoisotopic (exact) mass is 1010 g/mol. The summed E-state index contributed by atoms with van der Waals surface area (Å²) in [6.07, 6.45) is -1.26. The summed E-state index contributed by atoms with van der Waals surface area (Å²) in [4.78, 5) is 101. The van der Waals surface area contributed by atoms with E-state index in [9.17, 15) is 62.8 Å². The normalized spacial score (nSPS) is 18.0. The summed E-state index contributed by atoms with van der Waals surface area (Å²) in [5.41, 5.74) is -0.360. The number of phosphoric ester groups is 1. The lowest BCUT2D eigenvalue weighted by molar-refractivity contribution is -0.120. The van der Waals surface area contributed by atoms with Crippen LogP contribution >= 0.6 is 35.7 Å². The molecule has 0 saturated carbocycles. The largest absolute Gasteiger partial charge is 0.508 e. The Balaban J connectivity index is 0.931. The van der Waals surface area contributed by atoms with E-state index in [1.54, 1.807) is 24.3 Å². The number of carboxylic acids is 1. The fourth-order valence-corrected chi connectivity index (χ4v) is 10.2. The van der Waals surface area contributed by atoms with Gasteiger partial charge in [-0.2, -0.15) is 8.62 Å². The number of unbranched alkanes of at least 4 members (excludes halogenated alkanes) is 3. The lowest BCUT2D eigenvalue weighted by Crippen LogP contribution is -2.36. The first-order valence-corrected chi connectivity index (χ1v) is 24.8. The van der Waals surface area contributed by atoms with Crippen LogP contribution in [0.5, 0.6) is 5.75 Å². The van der Waals surface area contributed by atoms with Gasteiger partial charge in [-0.25, -0.2) is 23.3 Å². The zero-order valence-corrected chi connectivity index (χ0v) is 38.0. The number of thiocarbonyl (C=S) groups is 1. The van der Waals surface area contributed by atoms with Crippen molar-refractivity contribution >= 4 is 69.3 Å². The number of nitrogens with one attached hydrogen (secondary N) is 4. The van der Waals surface area contributed by atoms with Gasteiger partial charge in [-0.15, -0.1) is 0 Å². The highest BCUT2D eigenvalue weighted by Gasteiger charge is 2.43. The first-order chi connectivity index (χ1) is 31.5. The molecule has 0 radical (unpaired) electrons. The van der Waals surface area contributed by atoms with Gasteiger partial charge in [0.05, 0.1) is 24.7 Å². The first kappa shape index (κ1) is 51.0. The number of rotatable bonds is 20. The molecule has 6 rings (SSSR count). The smallest absolute Gasteiger partial charge is 0.490 e. The highest BCUT2D eigenvalue weighted by atomic mass is 32.1. The predicted octanol–water partition coefficient (Wildman–Crippen LogP) is 3.02. The number of anilines is 1. The molecule has 2 aromatic carbocycles. The second kappa shape index (κ2) is 21.3. The molecular formula is C38H42N5O20P3S. The zero-order chi connectivity index (χ0) is 48.8. The minimum absolute atomic E-state index is 0.0560. The molecule has 1 saturated heterocycles. The van der Waals surface area contributed by atoms with Gasteiger partial charge in [-0.1, -0.05) is 18.9 Å². The van der Waals surface area contributed by atoms with E-state index in [0.717, 1.165) is 17.2 Å². The van der Waals surface area contributed by atoms with Crippen molar-refractivity contribution in [2.75, 3.05) is 25.0 Å². The van der Waals surface area contributed by atoms with Gasteiger partial charge in [-0.05, 0) is 67.0 Å². The number of phenolic OH excluding ortho intramolecular Hbond substituents is 1. The molecule has 0 spiro atoms. The van der Waals surface area contributed by atoms with Crippen molar-refractivity contribution in [2.24, 2.45) is 0 Å². The number of hydrogen-bond acceptors (Lipinski definition) is 16. The summed E-state index contributed by atoms with van der Waals surface area (Å²) in [5.74, 6) is -1.62. The van der Waals surface area contributed by atoms with Crippen LogP contribution in [0.4, 0.5) is 5.69 Å². The van der Waals surface area contributed by atoms with Crippen LogP contribution in [0.2, 0.25) is 0 Å².